The van der Waals surface area contributed by atoms with Crippen LogP contribution >= 0.6 is 15.9 Å². The average Bonchev–Trinajstić information content (AvgIpc) is 2.46. The van der Waals surface area contributed by atoms with Crippen LogP contribution in [0.25, 0.3) is 0 Å². The molecule has 0 radical (unpaired) electrons. The Morgan fingerprint density at radius 1 is 1.00 bits per heavy atom. The van der Waals surface area contributed by atoms with Crippen LogP contribution in [0.2, 0.25) is 0 Å². The summed E-state index contributed by atoms with van der Waals surface area (Å²) in [4.78, 5) is 0. The van der Waals surface area contributed by atoms with Crippen molar-refractivity contribution in [3.8, 4) is 0 Å². The molecule has 1 unspecified atom stereocenters. The fraction of sp³-hybridized carbons (Fsp3) is 0.200. The number of nitrogens with one attached hydrogen (secondary N) is 1. The van der Waals surface area contributed by atoms with Crippen LogP contribution in [0, 0.1) is 23.3 Å². The maximum Gasteiger partial charge on any atom is 0.194 e. The summed E-state index contributed by atoms with van der Waals surface area (Å²) >= 11 is 3.26. The van der Waals surface area contributed by atoms with Crippen molar-refractivity contribution in [2.24, 2.45) is 0 Å². The molecule has 1 nitrogen and oxygen atoms in total. The van der Waals surface area contributed by atoms with Crippen molar-refractivity contribution >= 4 is 15.9 Å². The summed E-state index contributed by atoms with van der Waals surface area (Å²) in [5.41, 5.74) is 0.323. The molecule has 112 valence electrons. The van der Waals surface area contributed by atoms with Crippen LogP contribution in [0.15, 0.2) is 34.8 Å². The van der Waals surface area contributed by atoms with Gasteiger partial charge in [-0.1, -0.05) is 28.9 Å². The predicted octanol–water partition coefficient (Wildman–Crippen LogP) is 4.70. The molecule has 2 rings (SSSR count). The summed E-state index contributed by atoms with van der Waals surface area (Å²) in [5.74, 6) is -4.58. The SMILES string of the molecule is CCNC(c1cc(F)ccc1Br)c1ccc(F)c(F)c1F. The lowest BCUT2D eigenvalue weighted by atomic mass is 9.97. The third kappa shape index (κ3) is 3.27. The van der Waals surface area contributed by atoms with Crippen LogP contribution in [0.3, 0.4) is 0 Å². The van der Waals surface area contributed by atoms with Crippen molar-refractivity contribution in [3.63, 3.8) is 0 Å². The van der Waals surface area contributed by atoms with E-state index in [0.29, 0.717) is 16.6 Å². The molecule has 0 aliphatic carbocycles. The molecule has 0 bridgehead atoms. The lowest BCUT2D eigenvalue weighted by Crippen LogP contribution is -2.24. The first kappa shape index (κ1) is 16.0. The number of hydrogen-bond donors (Lipinski definition) is 1. The highest BCUT2D eigenvalue weighted by atomic mass is 79.9. The third-order valence-electron chi connectivity index (χ3n) is 3.05. The predicted molar refractivity (Wildman–Crippen MR) is 75.9 cm³/mol. The fourth-order valence-electron chi connectivity index (χ4n) is 2.09. The van der Waals surface area contributed by atoms with Gasteiger partial charge in [0.2, 0.25) is 0 Å². The van der Waals surface area contributed by atoms with Crippen molar-refractivity contribution in [1.29, 1.82) is 0 Å². The fourth-order valence-corrected chi connectivity index (χ4v) is 2.57. The monoisotopic (exact) mass is 361 g/mol. The first-order chi connectivity index (χ1) is 9.95. The number of rotatable bonds is 4. The van der Waals surface area contributed by atoms with Crippen molar-refractivity contribution in [1.82, 2.24) is 5.32 Å². The summed E-state index contributed by atoms with van der Waals surface area (Å²) in [5, 5.41) is 2.94. The van der Waals surface area contributed by atoms with E-state index in [1.165, 1.54) is 18.2 Å². The molecule has 0 fully saturated rings. The maximum atomic E-state index is 14.0. The van der Waals surface area contributed by atoms with Gasteiger partial charge in [0, 0.05) is 10.0 Å². The normalized spacial score (nSPS) is 12.5. The van der Waals surface area contributed by atoms with E-state index in [9.17, 15) is 17.6 Å². The lowest BCUT2D eigenvalue weighted by molar-refractivity contribution is 0.433. The molecular formula is C15H12BrF4N. The Bertz CT molecular complexity index is 660. The van der Waals surface area contributed by atoms with E-state index in [0.717, 1.165) is 12.1 Å². The molecule has 0 aliphatic heterocycles. The second-order valence-electron chi connectivity index (χ2n) is 4.42. The van der Waals surface area contributed by atoms with Crippen LogP contribution in [0.5, 0.6) is 0 Å². The second kappa shape index (κ2) is 6.58. The van der Waals surface area contributed by atoms with Gasteiger partial charge in [0.15, 0.2) is 17.5 Å². The molecule has 0 aliphatic rings. The van der Waals surface area contributed by atoms with Crippen LogP contribution in [0.1, 0.15) is 24.1 Å². The van der Waals surface area contributed by atoms with E-state index in [1.54, 1.807) is 6.92 Å². The van der Waals surface area contributed by atoms with Crippen LogP contribution in [0.4, 0.5) is 17.6 Å². The lowest BCUT2D eigenvalue weighted by Gasteiger charge is -2.21. The van der Waals surface area contributed by atoms with E-state index in [4.69, 9.17) is 0 Å². The zero-order chi connectivity index (χ0) is 15.6. The molecular weight excluding hydrogens is 350 g/mol. The van der Waals surface area contributed by atoms with Gasteiger partial charge in [-0.15, -0.1) is 0 Å². The molecule has 0 saturated carbocycles. The molecule has 2 aromatic carbocycles. The summed E-state index contributed by atoms with van der Waals surface area (Å²) in [6, 6.07) is 5.16. The van der Waals surface area contributed by atoms with E-state index < -0.39 is 29.3 Å². The highest BCUT2D eigenvalue weighted by Crippen LogP contribution is 2.31. The Labute approximate surface area is 128 Å². The van der Waals surface area contributed by atoms with Gasteiger partial charge >= 0.3 is 0 Å². The summed E-state index contributed by atoms with van der Waals surface area (Å²) in [7, 11) is 0. The van der Waals surface area contributed by atoms with Gasteiger partial charge in [-0.25, -0.2) is 17.6 Å². The standard InChI is InChI=1S/C15H12BrF4N/c1-2-21-15(10-7-8(17)3-5-11(10)16)9-4-6-12(18)14(20)13(9)19/h3-7,15,21H,2H2,1H3. The highest BCUT2D eigenvalue weighted by Gasteiger charge is 2.23. The Balaban J connectivity index is 2.59. The van der Waals surface area contributed by atoms with E-state index in [-0.39, 0.29) is 5.56 Å². The molecule has 1 atom stereocenters. The molecule has 6 heteroatoms. The van der Waals surface area contributed by atoms with Gasteiger partial charge in [0.1, 0.15) is 5.82 Å². The largest absolute Gasteiger partial charge is 0.306 e. The van der Waals surface area contributed by atoms with Gasteiger partial charge in [0.05, 0.1) is 6.04 Å². The first-order valence-corrected chi connectivity index (χ1v) is 7.06. The summed E-state index contributed by atoms with van der Waals surface area (Å²) in [6.07, 6.45) is 0. The van der Waals surface area contributed by atoms with Crippen molar-refractivity contribution < 1.29 is 17.6 Å². The van der Waals surface area contributed by atoms with Crippen LogP contribution in [-0.4, -0.2) is 6.54 Å². The summed E-state index contributed by atoms with van der Waals surface area (Å²) < 4.78 is 54.4. The molecule has 0 amide bonds. The zero-order valence-corrected chi connectivity index (χ0v) is 12.6. The van der Waals surface area contributed by atoms with Crippen molar-refractivity contribution in [2.45, 2.75) is 13.0 Å². The Hall–Kier alpha value is -1.40. The molecule has 0 heterocycles. The van der Waals surface area contributed by atoms with Gasteiger partial charge < -0.3 is 5.32 Å². The zero-order valence-electron chi connectivity index (χ0n) is 11.1. The average molecular weight is 362 g/mol. The van der Waals surface area contributed by atoms with E-state index in [1.807, 2.05) is 0 Å². The Morgan fingerprint density at radius 3 is 2.38 bits per heavy atom. The van der Waals surface area contributed by atoms with Gasteiger partial charge in [0.25, 0.3) is 0 Å². The minimum atomic E-state index is -1.54. The minimum absolute atomic E-state index is 0.0814. The Morgan fingerprint density at radius 2 is 1.71 bits per heavy atom. The van der Waals surface area contributed by atoms with Gasteiger partial charge in [-0.3, -0.25) is 0 Å². The quantitative estimate of drug-likeness (QED) is 0.614. The number of hydrogen-bond acceptors (Lipinski definition) is 1. The maximum absolute atomic E-state index is 14.0. The van der Waals surface area contributed by atoms with E-state index in [2.05, 4.69) is 21.2 Å². The highest BCUT2D eigenvalue weighted by molar-refractivity contribution is 9.10. The van der Waals surface area contributed by atoms with Crippen molar-refractivity contribution in [3.05, 3.63) is 69.2 Å². The molecule has 21 heavy (non-hydrogen) atoms. The molecule has 0 spiro atoms. The second-order valence-corrected chi connectivity index (χ2v) is 5.28. The molecule has 0 aromatic heterocycles. The number of benzene rings is 2. The van der Waals surface area contributed by atoms with Crippen LogP contribution < -0.4 is 5.32 Å². The Kier molecular flexibility index (Phi) is 5.00. The first-order valence-electron chi connectivity index (χ1n) is 6.27. The van der Waals surface area contributed by atoms with Crippen LogP contribution in [-0.2, 0) is 0 Å². The van der Waals surface area contributed by atoms with Crippen molar-refractivity contribution in [2.75, 3.05) is 6.54 Å². The molecule has 1 N–H and O–H groups in total. The van der Waals surface area contributed by atoms with Gasteiger partial charge in [-0.05, 0) is 36.4 Å². The van der Waals surface area contributed by atoms with E-state index >= 15 is 0 Å². The minimum Gasteiger partial charge on any atom is -0.306 e. The third-order valence-corrected chi connectivity index (χ3v) is 3.78. The molecule has 2 aromatic rings. The van der Waals surface area contributed by atoms with Gasteiger partial charge in [-0.2, -0.15) is 0 Å². The molecule has 0 saturated heterocycles. The summed E-state index contributed by atoms with van der Waals surface area (Å²) in [6.45, 7) is 2.21. The number of halogens is 5. The topological polar surface area (TPSA) is 12.0 Å². The smallest absolute Gasteiger partial charge is 0.194 e.